The number of fused-ring (bicyclic) bond motifs is 2. The largest absolute Gasteiger partial charge is 0.426 e. The number of rotatable bonds is 10. The highest BCUT2D eigenvalue weighted by Gasteiger charge is 2.35. The highest BCUT2D eigenvalue weighted by molar-refractivity contribution is 6.07. The van der Waals surface area contributed by atoms with E-state index >= 15 is 0 Å². The molecule has 57 heavy (non-hydrogen) atoms. The lowest BCUT2D eigenvalue weighted by Crippen LogP contribution is -2.30. The van der Waals surface area contributed by atoms with Crippen molar-refractivity contribution in [2.24, 2.45) is 47.3 Å². The van der Waals surface area contributed by atoms with Crippen molar-refractivity contribution in [1.82, 2.24) is 4.98 Å². The van der Waals surface area contributed by atoms with Crippen molar-refractivity contribution in [2.45, 2.75) is 129 Å². The van der Waals surface area contributed by atoms with Gasteiger partial charge in [0.1, 0.15) is 11.6 Å². The highest BCUT2D eigenvalue weighted by atomic mass is 16.6. The van der Waals surface area contributed by atoms with Crippen molar-refractivity contribution in [1.29, 1.82) is 0 Å². The predicted octanol–water partition coefficient (Wildman–Crippen LogP) is 12.5. The van der Waals surface area contributed by atoms with Crippen molar-refractivity contribution in [2.75, 3.05) is 5.32 Å². The number of aromatic nitrogens is 1. The van der Waals surface area contributed by atoms with E-state index in [1.807, 2.05) is 24.3 Å². The first-order valence-corrected chi connectivity index (χ1v) is 22.5. The molecular formula is C50H62N2O5. The molecule has 0 unspecified atom stereocenters. The molecule has 0 radical (unpaired) electrons. The maximum Gasteiger partial charge on any atom is 0.315 e. The number of esters is 2. The first kappa shape index (κ1) is 39.6. The standard InChI is InChI=1S/C50H62N2O5/c1-3-32-9-13-34(14-10-32)36-17-21-38(22-18-36)49(54)56-45-30-46(52-48(53)43-26-25-42-27-40-7-5-6-8-41(40)28-44(42)29-43)51-47(31-45)57-50(55)39-23-19-37(20-24-39)35-15-11-33(4-2)12-16-35/h5-8,25-39H,3-4,9-24H2,1-2H3,(H,51,52,53). The lowest BCUT2D eigenvalue weighted by atomic mass is 9.69. The molecule has 1 aromatic heterocycles. The molecule has 4 aliphatic carbocycles. The Morgan fingerprint density at radius 3 is 1.54 bits per heavy atom. The number of nitrogens with one attached hydrogen (secondary N) is 1. The van der Waals surface area contributed by atoms with E-state index in [2.05, 4.69) is 48.4 Å². The normalized spacial score (nSPS) is 28.1. The molecule has 0 aliphatic heterocycles. The molecule has 7 heteroatoms. The summed E-state index contributed by atoms with van der Waals surface area (Å²) in [7, 11) is 0. The van der Waals surface area contributed by atoms with Gasteiger partial charge in [-0.25, -0.2) is 0 Å². The number of benzene rings is 3. The zero-order valence-corrected chi connectivity index (χ0v) is 34.2. The van der Waals surface area contributed by atoms with E-state index < -0.39 is 0 Å². The van der Waals surface area contributed by atoms with Crippen molar-refractivity contribution in [3.05, 3.63) is 72.3 Å². The summed E-state index contributed by atoms with van der Waals surface area (Å²) < 4.78 is 12.0. The van der Waals surface area contributed by atoms with Gasteiger partial charge in [0.25, 0.3) is 5.91 Å². The molecule has 1 amide bonds. The fraction of sp³-hybridized carbons (Fsp3) is 0.560. The van der Waals surface area contributed by atoms with Gasteiger partial charge in [0.15, 0.2) is 0 Å². The first-order valence-electron chi connectivity index (χ1n) is 22.5. The van der Waals surface area contributed by atoms with E-state index in [0.29, 0.717) is 17.4 Å². The monoisotopic (exact) mass is 770 g/mol. The molecule has 0 atom stereocenters. The number of amides is 1. The Labute approximate surface area is 339 Å². The minimum atomic E-state index is -0.351. The molecule has 8 rings (SSSR count). The average molecular weight is 771 g/mol. The molecule has 1 N–H and O–H groups in total. The van der Waals surface area contributed by atoms with Gasteiger partial charge in [-0.05, 0) is 158 Å². The number of carbonyl (C=O) groups excluding carboxylic acids is 3. The lowest BCUT2D eigenvalue weighted by molar-refractivity contribution is -0.141. The SMILES string of the molecule is CCC1CCC(C2CCC(C(=O)Oc3cc(NC(=O)c4ccc5cc6ccccc6cc5c4)nc(OC(=O)C4CCC(C5CCC(CC)CC5)CC4)c3)CC2)CC1. The van der Waals surface area contributed by atoms with Crippen LogP contribution in [0.2, 0.25) is 0 Å². The number of pyridine rings is 1. The van der Waals surface area contributed by atoms with Crippen LogP contribution in [0.15, 0.2) is 66.7 Å². The number of ether oxygens (including phenoxy) is 2. The van der Waals surface area contributed by atoms with E-state index in [9.17, 15) is 14.4 Å². The van der Waals surface area contributed by atoms with Crippen LogP contribution < -0.4 is 14.8 Å². The summed E-state index contributed by atoms with van der Waals surface area (Å²) in [5.41, 5.74) is 0.473. The maximum absolute atomic E-state index is 13.7. The van der Waals surface area contributed by atoms with E-state index in [0.717, 1.165) is 96.6 Å². The second-order valence-electron chi connectivity index (χ2n) is 18.2. The number of hydrogen-bond acceptors (Lipinski definition) is 6. The van der Waals surface area contributed by atoms with Crippen LogP contribution in [0.4, 0.5) is 5.82 Å². The van der Waals surface area contributed by atoms with Gasteiger partial charge in [-0.15, -0.1) is 0 Å². The Balaban J connectivity index is 0.945. The van der Waals surface area contributed by atoms with Gasteiger partial charge in [-0.3, -0.25) is 14.4 Å². The number of anilines is 1. The minimum absolute atomic E-state index is 0.0389. The predicted molar refractivity (Wildman–Crippen MR) is 227 cm³/mol. The van der Waals surface area contributed by atoms with E-state index in [1.165, 1.54) is 70.3 Å². The fourth-order valence-corrected chi connectivity index (χ4v) is 11.1. The third-order valence-corrected chi connectivity index (χ3v) is 14.9. The van der Waals surface area contributed by atoms with Crippen molar-refractivity contribution in [3.8, 4) is 11.6 Å². The van der Waals surface area contributed by atoms with Crippen LogP contribution in [0.25, 0.3) is 21.5 Å². The van der Waals surface area contributed by atoms with Crippen LogP contribution in [-0.4, -0.2) is 22.8 Å². The van der Waals surface area contributed by atoms with Crippen LogP contribution in [-0.2, 0) is 9.59 Å². The van der Waals surface area contributed by atoms with Gasteiger partial charge in [-0.2, -0.15) is 4.98 Å². The Hall–Kier alpha value is -4.26. The molecule has 7 nitrogen and oxygen atoms in total. The third-order valence-electron chi connectivity index (χ3n) is 14.9. The highest BCUT2D eigenvalue weighted by Crippen LogP contribution is 2.44. The Kier molecular flexibility index (Phi) is 12.6. The first-order chi connectivity index (χ1) is 27.8. The second-order valence-corrected chi connectivity index (χ2v) is 18.2. The van der Waals surface area contributed by atoms with Gasteiger partial charge in [-0.1, -0.05) is 82.7 Å². The summed E-state index contributed by atoms with van der Waals surface area (Å²) in [5.74, 6) is 3.86. The molecule has 0 saturated heterocycles. The Bertz CT molecular complexity index is 1950. The summed E-state index contributed by atoms with van der Waals surface area (Å²) in [6.07, 6.45) is 20.7. The van der Waals surface area contributed by atoms with Crippen LogP contribution >= 0.6 is 0 Å². The molecule has 1 heterocycles. The van der Waals surface area contributed by atoms with E-state index in [-0.39, 0.29) is 47.1 Å². The van der Waals surface area contributed by atoms with Crippen molar-refractivity contribution >= 4 is 45.2 Å². The molecule has 0 bridgehead atoms. The summed E-state index contributed by atoms with van der Waals surface area (Å²) in [5, 5.41) is 7.16. The van der Waals surface area contributed by atoms with Gasteiger partial charge >= 0.3 is 11.9 Å². The summed E-state index contributed by atoms with van der Waals surface area (Å²) in [4.78, 5) is 45.5. The van der Waals surface area contributed by atoms with Crippen LogP contribution in [0.1, 0.15) is 140 Å². The lowest BCUT2D eigenvalue weighted by Gasteiger charge is -2.37. The van der Waals surface area contributed by atoms with Crippen molar-refractivity contribution in [3.63, 3.8) is 0 Å². The van der Waals surface area contributed by atoms with Gasteiger partial charge in [0, 0.05) is 17.7 Å². The quantitative estimate of drug-likeness (QED) is 0.127. The van der Waals surface area contributed by atoms with E-state index in [4.69, 9.17) is 9.47 Å². The van der Waals surface area contributed by atoms with Crippen LogP contribution in [0, 0.1) is 47.3 Å². The topological polar surface area (TPSA) is 94.6 Å². The van der Waals surface area contributed by atoms with E-state index in [1.54, 1.807) is 12.1 Å². The molecule has 0 spiro atoms. The molecule has 4 fully saturated rings. The minimum Gasteiger partial charge on any atom is -0.426 e. The zero-order chi connectivity index (χ0) is 39.3. The number of hydrogen-bond donors (Lipinski definition) is 1. The molecule has 4 saturated carbocycles. The Morgan fingerprint density at radius 2 is 1.02 bits per heavy atom. The Morgan fingerprint density at radius 1 is 0.544 bits per heavy atom. The summed E-state index contributed by atoms with van der Waals surface area (Å²) in [6, 6.07) is 21.1. The fourth-order valence-electron chi connectivity index (χ4n) is 11.1. The summed E-state index contributed by atoms with van der Waals surface area (Å²) in [6.45, 7) is 4.62. The molecule has 4 aliphatic rings. The average Bonchev–Trinajstić information content (AvgIpc) is 3.25. The summed E-state index contributed by atoms with van der Waals surface area (Å²) >= 11 is 0. The smallest absolute Gasteiger partial charge is 0.315 e. The molecule has 302 valence electrons. The van der Waals surface area contributed by atoms with Gasteiger partial charge < -0.3 is 14.8 Å². The van der Waals surface area contributed by atoms with Crippen LogP contribution in [0.5, 0.6) is 11.6 Å². The zero-order valence-electron chi connectivity index (χ0n) is 34.2. The third kappa shape index (κ3) is 9.56. The van der Waals surface area contributed by atoms with Crippen LogP contribution in [0.3, 0.4) is 0 Å². The molecule has 3 aromatic carbocycles. The molecule has 4 aromatic rings. The number of nitrogens with zero attached hydrogens (tertiary/aromatic N) is 1. The molecular weight excluding hydrogens is 709 g/mol. The second kappa shape index (κ2) is 18.1. The van der Waals surface area contributed by atoms with Crippen molar-refractivity contribution < 1.29 is 23.9 Å². The maximum atomic E-state index is 13.7. The number of carbonyl (C=O) groups is 3. The van der Waals surface area contributed by atoms with Gasteiger partial charge in [0.05, 0.1) is 11.8 Å². The van der Waals surface area contributed by atoms with Gasteiger partial charge in [0.2, 0.25) is 5.88 Å².